The van der Waals surface area contributed by atoms with Crippen molar-refractivity contribution in [1.82, 2.24) is 0 Å². The van der Waals surface area contributed by atoms with Crippen LogP contribution in [0.5, 0.6) is 5.75 Å². The maximum atomic E-state index is 5.97. The van der Waals surface area contributed by atoms with Crippen molar-refractivity contribution in [3.8, 4) is 5.75 Å². The van der Waals surface area contributed by atoms with Gasteiger partial charge in [-0.2, -0.15) is 0 Å². The Kier molecular flexibility index (Phi) is 4.73. The van der Waals surface area contributed by atoms with Gasteiger partial charge in [0, 0.05) is 50.8 Å². The molecule has 5 heteroatoms. The molecule has 112 valence electrons. The number of benzene rings is 1. The van der Waals surface area contributed by atoms with Gasteiger partial charge in [-0.1, -0.05) is 0 Å². The van der Waals surface area contributed by atoms with Gasteiger partial charge in [-0.3, -0.25) is 0 Å². The molecular formula is C15H24N2O3. The van der Waals surface area contributed by atoms with Gasteiger partial charge in [-0.25, -0.2) is 0 Å². The van der Waals surface area contributed by atoms with Crippen molar-refractivity contribution in [1.29, 1.82) is 0 Å². The normalized spacial score (nSPS) is 22.6. The molecule has 0 radical (unpaired) electrons. The Bertz CT molecular complexity index is 439. The lowest BCUT2D eigenvalue weighted by Gasteiger charge is -2.20. The van der Waals surface area contributed by atoms with Crippen molar-refractivity contribution in [2.45, 2.75) is 32.2 Å². The molecule has 1 heterocycles. The highest BCUT2D eigenvalue weighted by atomic mass is 16.5. The number of methoxy groups -OCH3 is 2. The van der Waals surface area contributed by atoms with Crippen LogP contribution in [-0.4, -0.2) is 45.6 Å². The molecule has 0 amide bonds. The Labute approximate surface area is 120 Å². The predicted octanol–water partition coefficient (Wildman–Crippen LogP) is 1.91. The van der Waals surface area contributed by atoms with E-state index in [9.17, 15) is 0 Å². The predicted molar refractivity (Wildman–Crippen MR) is 80.4 cm³/mol. The Morgan fingerprint density at radius 2 is 1.70 bits per heavy atom. The lowest BCUT2D eigenvalue weighted by Crippen LogP contribution is -2.27. The van der Waals surface area contributed by atoms with E-state index in [2.05, 4.69) is 4.90 Å². The number of anilines is 2. The summed E-state index contributed by atoms with van der Waals surface area (Å²) in [5.74, 6) is 0.796. The van der Waals surface area contributed by atoms with Crippen LogP contribution in [0.2, 0.25) is 0 Å². The first-order chi connectivity index (χ1) is 9.53. The van der Waals surface area contributed by atoms with Crippen LogP contribution in [0, 0.1) is 0 Å². The van der Waals surface area contributed by atoms with Crippen LogP contribution in [0.3, 0.4) is 0 Å². The van der Waals surface area contributed by atoms with Crippen molar-refractivity contribution in [3.05, 3.63) is 18.2 Å². The highest BCUT2D eigenvalue weighted by Crippen LogP contribution is 2.29. The van der Waals surface area contributed by atoms with Crippen LogP contribution in [0.15, 0.2) is 18.2 Å². The van der Waals surface area contributed by atoms with Crippen molar-refractivity contribution in [2.75, 3.05) is 37.9 Å². The third kappa shape index (κ3) is 3.35. The molecule has 0 aromatic heterocycles. The van der Waals surface area contributed by atoms with E-state index in [-0.39, 0.29) is 18.3 Å². The van der Waals surface area contributed by atoms with E-state index < -0.39 is 0 Å². The molecule has 1 aliphatic rings. The van der Waals surface area contributed by atoms with Crippen LogP contribution in [0.25, 0.3) is 0 Å². The van der Waals surface area contributed by atoms with E-state index in [1.54, 1.807) is 14.2 Å². The molecule has 1 fully saturated rings. The van der Waals surface area contributed by atoms with Gasteiger partial charge in [0.05, 0.1) is 6.10 Å². The summed E-state index contributed by atoms with van der Waals surface area (Å²) in [6, 6.07) is 5.82. The molecule has 5 nitrogen and oxygen atoms in total. The second kappa shape index (κ2) is 6.33. The number of nitrogens with zero attached hydrogens (tertiary/aromatic N) is 1. The third-order valence-electron chi connectivity index (χ3n) is 3.47. The second-order valence-electron chi connectivity index (χ2n) is 5.38. The lowest BCUT2D eigenvalue weighted by molar-refractivity contribution is -0.00461. The molecule has 0 spiro atoms. The zero-order valence-electron chi connectivity index (χ0n) is 12.6. The molecule has 2 atom stereocenters. The van der Waals surface area contributed by atoms with E-state index in [1.807, 2.05) is 32.0 Å². The molecular weight excluding hydrogens is 256 g/mol. The van der Waals surface area contributed by atoms with Gasteiger partial charge in [0.1, 0.15) is 18.0 Å². The van der Waals surface area contributed by atoms with Crippen molar-refractivity contribution < 1.29 is 14.2 Å². The molecule has 0 aliphatic carbocycles. The summed E-state index contributed by atoms with van der Waals surface area (Å²) >= 11 is 0. The Morgan fingerprint density at radius 3 is 2.20 bits per heavy atom. The molecule has 0 saturated carbocycles. The van der Waals surface area contributed by atoms with Crippen LogP contribution in [0.4, 0.5) is 11.4 Å². The molecule has 0 bridgehead atoms. The van der Waals surface area contributed by atoms with Crippen LogP contribution in [0.1, 0.15) is 13.8 Å². The zero-order chi connectivity index (χ0) is 14.7. The van der Waals surface area contributed by atoms with Crippen molar-refractivity contribution >= 4 is 11.4 Å². The molecule has 20 heavy (non-hydrogen) atoms. The molecule has 1 aromatic rings. The van der Waals surface area contributed by atoms with E-state index in [1.165, 1.54) is 0 Å². The summed E-state index contributed by atoms with van der Waals surface area (Å²) in [6.07, 6.45) is 0.286. The summed E-state index contributed by atoms with van der Waals surface area (Å²) in [5, 5.41) is 0. The second-order valence-corrected chi connectivity index (χ2v) is 5.38. The minimum absolute atomic E-state index is 0.0795. The van der Waals surface area contributed by atoms with E-state index in [0.29, 0.717) is 5.69 Å². The van der Waals surface area contributed by atoms with Gasteiger partial charge >= 0.3 is 0 Å². The fraction of sp³-hybridized carbons (Fsp3) is 0.600. The van der Waals surface area contributed by atoms with E-state index in [0.717, 1.165) is 24.5 Å². The Morgan fingerprint density at radius 1 is 1.10 bits per heavy atom. The van der Waals surface area contributed by atoms with Gasteiger partial charge in [0.15, 0.2) is 0 Å². The van der Waals surface area contributed by atoms with Crippen LogP contribution in [-0.2, 0) is 9.47 Å². The zero-order valence-corrected chi connectivity index (χ0v) is 12.6. The number of rotatable bonds is 5. The fourth-order valence-corrected chi connectivity index (χ4v) is 2.54. The molecule has 1 aromatic carbocycles. The molecule has 1 aliphatic heterocycles. The Hall–Kier alpha value is -1.46. The van der Waals surface area contributed by atoms with Crippen LogP contribution < -0.4 is 15.4 Å². The summed E-state index contributed by atoms with van der Waals surface area (Å²) in [4.78, 5) is 2.21. The van der Waals surface area contributed by atoms with E-state index in [4.69, 9.17) is 19.9 Å². The smallest absolute Gasteiger partial charge is 0.123 e. The van der Waals surface area contributed by atoms with Gasteiger partial charge < -0.3 is 24.8 Å². The van der Waals surface area contributed by atoms with Gasteiger partial charge in [0.25, 0.3) is 0 Å². The van der Waals surface area contributed by atoms with E-state index >= 15 is 0 Å². The van der Waals surface area contributed by atoms with Crippen molar-refractivity contribution in [2.24, 2.45) is 0 Å². The quantitative estimate of drug-likeness (QED) is 0.835. The Balaban J connectivity index is 2.18. The fourth-order valence-electron chi connectivity index (χ4n) is 2.54. The SMILES string of the molecule is COC1CN(c2cc(N)cc(OC(C)C)c2)CC1OC. The topological polar surface area (TPSA) is 57.0 Å². The third-order valence-corrected chi connectivity index (χ3v) is 3.47. The van der Waals surface area contributed by atoms with Crippen molar-refractivity contribution in [3.63, 3.8) is 0 Å². The number of nitrogen functional groups attached to an aromatic ring is 1. The van der Waals surface area contributed by atoms with Crippen LogP contribution >= 0.6 is 0 Å². The molecule has 2 N–H and O–H groups in total. The molecule has 2 unspecified atom stereocenters. The number of ether oxygens (including phenoxy) is 3. The highest BCUT2D eigenvalue weighted by molar-refractivity contribution is 5.61. The summed E-state index contributed by atoms with van der Waals surface area (Å²) in [7, 11) is 3.43. The lowest BCUT2D eigenvalue weighted by atomic mass is 10.2. The minimum Gasteiger partial charge on any atom is -0.491 e. The molecule has 2 rings (SSSR count). The standard InChI is InChI=1S/C15H24N2O3/c1-10(2)20-13-6-11(16)5-12(7-13)17-8-14(18-3)15(9-17)19-4/h5-7,10,14-15H,8-9,16H2,1-4H3. The number of nitrogens with two attached hydrogens (primary N) is 1. The average Bonchev–Trinajstić information content (AvgIpc) is 2.80. The highest BCUT2D eigenvalue weighted by Gasteiger charge is 2.33. The maximum absolute atomic E-state index is 5.97. The first kappa shape index (κ1) is 14.9. The largest absolute Gasteiger partial charge is 0.491 e. The first-order valence-corrected chi connectivity index (χ1v) is 6.91. The summed E-state index contributed by atoms with van der Waals surface area (Å²) in [5.41, 5.74) is 7.71. The monoisotopic (exact) mass is 280 g/mol. The number of hydrogen-bond donors (Lipinski definition) is 1. The average molecular weight is 280 g/mol. The summed E-state index contributed by atoms with van der Waals surface area (Å²) < 4.78 is 16.7. The van der Waals surface area contributed by atoms with Gasteiger partial charge in [-0.15, -0.1) is 0 Å². The minimum atomic E-state index is 0.0795. The maximum Gasteiger partial charge on any atom is 0.123 e. The first-order valence-electron chi connectivity index (χ1n) is 6.91. The molecule has 1 saturated heterocycles. The number of hydrogen-bond acceptors (Lipinski definition) is 5. The summed E-state index contributed by atoms with van der Waals surface area (Å²) in [6.45, 7) is 5.58. The van der Waals surface area contributed by atoms with Gasteiger partial charge in [0.2, 0.25) is 0 Å². The van der Waals surface area contributed by atoms with Gasteiger partial charge in [-0.05, 0) is 19.9 Å².